The second-order valence-corrected chi connectivity index (χ2v) is 5.45. The molecule has 0 aliphatic rings. The summed E-state index contributed by atoms with van der Waals surface area (Å²) >= 11 is 3.23. The van der Waals surface area contributed by atoms with Crippen molar-refractivity contribution in [2.45, 2.75) is 19.8 Å². The molecule has 0 fully saturated rings. The normalized spacial score (nSPS) is 10.1. The van der Waals surface area contributed by atoms with E-state index in [1.165, 1.54) is 0 Å². The lowest BCUT2D eigenvalue weighted by atomic mass is 10.3. The Bertz CT molecular complexity index is 602. The van der Waals surface area contributed by atoms with E-state index >= 15 is 0 Å². The van der Waals surface area contributed by atoms with Crippen molar-refractivity contribution in [3.8, 4) is 5.75 Å². The van der Waals surface area contributed by atoms with E-state index in [4.69, 9.17) is 4.74 Å². The Balaban J connectivity index is 1.84. The lowest BCUT2D eigenvalue weighted by Gasteiger charge is -2.08. The molecule has 2 amide bonds. The first-order chi connectivity index (χ1) is 10.7. The molecule has 0 saturated heterocycles. The van der Waals surface area contributed by atoms with Crippen LogP contribution in [0.4, 0.5) is 16.4 Å². The fraction of sp³-hybridized carbons (Fsp3) is 0.267. The molecule has 22 heavy (non-hydrogen) atoms. The van der Waals surface area contributed by atoms with Crippen molar-refractivity contribution in [3.05, 3.63) is 41.1 Å². The molecule has 2 N–H and O–H groups in total. The molecule has 0 bridgehead atoms. The zero-order valence-electron chi connectivity index (χ0n) is 12.2. The molecule has 0 saturated carbocycles. The van der Waals surface area contributed by atoms with Gasteiger partial charge in [-0.15, -0.1) is 0 Å². The maximum atomic E-state index is 11.8. The zero-order chi connectivity index (χ0) is 15.8. The average molecular weight is 365 g/mol. The summed E-state index contributed by atoms with van der Waals surface area (Å²) in [6.07, 6.45) is 5.24. The third-order valence-electron chi connectivity index (χ3n) is 2.72. The fourth-order valence-electron chi connectivity index (χ4n) is 1.61. The molecule has 2 aromatic rings. The summed E-state index contributed by atoms with van der Waals surface area (Å²) in [6.45, 7) is 2.81. The zero-order valence-corrected chi connectivity index (χ0v) is 13.8. The van der Waals surface area contributed by atoms with Crippen LogP contribution in [-0.4, -0.2) is 22.6 Å². The summed E-state index contributed by atoms with van der Waals surface area (Å²) in [5, 5.41) is 5.25. The van der Waals surface area contributed by atoms with Gasteiger partial charge in [-0.1, -0.05) is 13.3 Å². The van der Waals surface area contributed by atoms with Crippen molar-refractivity contribution < 1.29 is 9.53 Å². The molecule has 7 heteroatoms. The number of halogens is 1. The first-order valence-electron chi connectivity index (χ1n) is 6.96. The number of amides is 2. The van der Waals surface area contributed by atoms with Crippen LogP contribution in [0.5, 0.6) is 5.75 Å². The number of rotatable bonds is 6. The first kappa shape index (κ1) is 16.2. The summed E-state index contributed by atoms with van der Waals surface area (Å²) in [5.41, 5.74) is 0.664. The lowest BCUT2D eigenvalue weighted by molar-refractivity contribution is 0.262. The molecule has 0 aliphatic carbocycles. The molecule has 2 rings (SSSR count). The van der Waals surface area contributed by atoms with Crippen LogP contribution in [0.3, 0.4) is 0 Å². The van der Waals surface area contributed by atoms with Gasteiger partial charge in [-0.2, -0.15) is 0 Å². The number of hydrogen-bond acceptors (Lipinski definition) is 4. The van der Waals surface area contributed by atoms with Crippen LogP contribution in [0.1, 0.15) is 19.8 Å². The summed E-state index contributed by atoms with van der Waals surface area (Å²) < 4.78 is 6.31. The Morgan fingerprint density at radius 1 is 1.18 bits per heavy atom. The highest BCUT2D eigenvalue weighted by Crippen LogP contribution is 2.16. The maximum Gasteiger partial charge on any atom is 0.326 e. The maximum absolute atomic E-state index is 11.8. The summed E-state index contributed by atoms with van der Waals surface area (Å²) in [7, 11) is 0. The van der Waals surface area contributed by atoms with E-state index in [-0.39, 0.29) is 5.95 Å². The van der Waals surface area contributed by atoms with Crippen LogP contribution in [0.15, 0.2) is 41.1 Å². The summed E-state index contributed by atoms with van der Waals surface area (Å²) in [6, 6.07) is 6.80. The highest BCUT2D eigenvalue weighted by Gasteiger charge is 2.04. The highest BCUT2D eigenvalue weighted by molar-refractivity contribution is 9.10. The number of anilines is 2. The Hall–Kier alpha value is -2.15. The standard InChI is InChI=1S/C15H17BrN4O2/c1-2-3-8-22-13-6-4-12(5-7-13)19-15(21)20-14-17-9-11(16)10-18-14/h4-7,9-10H,2-3,8H2,1H3,(H2,17,18,19,20,21). The van der Waals surface area contributed by atoms with Gasteiger partial charge in [0.1, 0.15) is 5.75 Å². The summed E-state index contributed by atoms with van der Waals surface area (Å²) in [4.78, 5) is 19.7. The number of ether oxygens (including phenoxy) is 1. The van der Waals surface area contributed by atoms with Gasteiger partial charge in [0.2, 0.25) is 5.95 Å². The topological polar surface area (TPSA) is 76.1 Å². The smallest absolute Gasteiger partial charge is 0.326 e. The number of urea groups is 1. The van der Waals surface area contributed by atoms with E-state index < -0.39 is 6.03 Å². The third kappa shape index (κ3) is 5.33. The lowest BCUT2D eigenvalue weighted by Crippen LogP contribution is -2.20. The minimum Gasteiger partial charge on any atom is -0.494 e. The summed E-state index contributed by atoms with van der Waals surface area (Å²) in [5.74, 6) is 1.02. The Kier molecular flexibility index (Phi) is 6.14. The molecule has 0 atom stereocenters. The van der Waals surface area contributed by atoms with E-state index in [1.807, 2.05) is 12.1 Å². The second kappa shape index (κ2) is 8.33. The van der Waals surface area contributed by atoms with Crippen LogP contribution < -0.4 is 15.4 Å². The van der Waals surface area contributed by atoms with Gasteiger partial charge in [-0.25, -0.2) is 14.8 Å². The van der Waals surface area contributed by atoms with Crippen molar-refractivity contribution in [2.24, 2.45) is 0 Å². The molecule has 1 aromatic carbocycles. The number of benzene rings is 1. The SMILES string of the molecule is CCCCOc1ccc(NC(=O)Nc2ncc(Br)cn2)cc1. The molecular formula is C15H17BrN4O2. The van der Waals surface area contributed by atoms with Crippen LogP contribution in [0, 0.1) is 0 Å². The minimum absolute atomic E-state index is 0.236. The van der Waals surface area contributed by atoms with Gasteiger partial charge < -0.3 is 10.1 Å². The molecule has 1 aromatic heterocycles. The van der Waals surface area contributed by atoms with Gasteiger partial charge in [0, 0.05) is 18.1 Å². The number of nitrogens with one attached hydrogen (secondary N) is 2. The largest absolute Gasteiger partial charge is 0.494 e. The van der Waals surface area contributed by atoms with Crippen LogP contribution in [0.25, 0.3) is 0 Å². The quantitative estimate of drug-likeness (QED) is 0.757. The fourth-order valence-corrected chi connectivity index (χ4v) is 1.81. The number of nitrogens with zero attached hydrogens (tertiary/aromatic N) is 2. The third-order valence-corrected chi connectivity index (χ3v) is 3.13. The second-order valence-electron chi connectivity index (χ2n) is 4.53. The van der Waals surface area contributed by atoms with Gasteiger partial charge >= 0.3 is 6.03 Å². The van der Waals surface area contributed by atoms with Crippen molar-refractivity contribution in [1.82, 2.24) is 9.97 Å². The van der Waals surface area contributed by atoms with Crippen molar-refractivity contribution >= 4 is 33.6 Å². The van der Waals surface area contributed by atoms with E-state index in [9.17, 15) is 4.79 Å². The Morgan fingerprint density at radius 3 is 2.50 bits per heavy atom. The molecule has 0 aliphatic heterocycles. The Labute approximate surface area is 137 Å². The number of hydrogen-bond donors (Lipinski definition) is 2. The molecule has 116 valence electrons. The molecule has 0 radical (unpaired) electrons. The van der Waals surface area contributed by atoms with Crippen molar-refractivity contribution in [1.29, 1.82) is 0 Å². The number of carbonyl (C=O) groups excluding carboxylic acids is 1. The van der Waals surface area contributed by atoms with E-state index in [0.717, 1.165) is 23.1 Å². The van der Waals surface area contributed by atoms with Crippen LogP contribution in [0.2, 0.25) is 0 Å². The molecule has 0 unspecified atom stereocenters. The van der Waals surface area contributed by atoms with Gasteiger partial charge in [-0.05, 0) is 46.6 Å². The van der Waals surface area contributed by atoms with Crippen LogP contribution >= 0.6 is 15.9 Å². The minimum atomic E-state index is -0.401. The van der Waals surface area contributed by atoms with E-state index in [1.54, 1.807) is 24.5 Å². The van der Waals surface area contributed by atoms with E-state index in [2.05, 4.69) is 43.5 Å². The number of carbonyl (C=O) groups is 1. The predicted molar refractivity (Wildman–Crippen MR) is 89.2 cm³/mol. The number of aromatic nitrogens is 2. The predicted octanol–water partition coefficient (Wildman–Crippen LogP) is 4.06. The van der Waals surface area contributed by atoms with Gasteiger partial charge in [0.15, 0.2) is 0 Å². The molecule has 6 nitrogen and oxygen atoms in total. The average Bonchev–Trinajstić information content (AvgIpc) is 2.51. The van der Waals surface area contributed by atoms with Gasteiger partial charge in [0.05, 0.1) is 11.1 Å². The monoisotopic (exact) mass is 364 g/mol. The van der Waals surface area contributed by atoms with E-state index in [0.29, 0.717) is 12.3 Å². The number of unbranched alkanes of at least 4 members (excludes halogenated alkanes) is 1. The molecule has 0 spiro atoms. The first-order valence-corrected chi connectivity index (χ1v) is 7.75. The van der Waals surface area contributed by atoms with Gasteiger partial charge in [-0.3, -0.25) is 5.32 Å². The van der Waals surface area contributed by atoms with Crippen molar-refractivity contribution in [3.63, 3.8) is 0 Å². The molecule has 1 heterocycles. The molecular weight excluding hydrogens is 348 g/mol. The Morgan fingerprint density at radius 2 is 1.86 bits per heavy atom. The van der Waals surface area contributed by atoms with Crippen molar-refractivity contribution in [2.75, 3.05) is 17.2 Å². The van der Waals surface area contributed by atoms with Crippen LogP contribution in [-0.2, 0) is 0 Å². The highest BCUT2D eigenvalue weighted by atomic mass is 79.9. The van der Waals surface area contributed by atoms with Gasteiger partial charge in [0.25, 0.3) is 0 Å².